The average molecular weight is 374 g/mol. The number of halogens is 1. The molecule has 0 bridgehead atoms. The van der Waals surface area contributed by atoms with E-state index >= 15 is 0 Å². The van der Waals surface area contributed by atoms with E-state index in [0.29, 0.717) is 17.9 Å². The third kappa shape index (κ3) is 3.86. The van der Waals surface area contributed by atoms with Crippen molar-refractivity contribution in [1.82, 2.24) is 19.9 Å². The molecule has 0 aliphatic rings. The van der Waals surface area contributed by atoms with Gasteiger partial charge in [-0.2, -0.15) is 5.10 Å². The molecule has 0 saturated heterocycles. The highest BCUT2D eigenvalue weighted by Gasteiger charge is 2.06. The van der Waals surface area contributed by atoms with Crippen LogP contribution in [0.4, 0.5) is 4.39 Å². The van der Waals surface area contributed by atoms with Gasteiger partial charge in [-0.05, 0) is 35.9 Å². The van der Waals surface area contributed by atoms with E-state index in [0.717, 1.165) is 22.6 Å². The monoisotopic (exact) mass is 374 g/mol. The van der Waals surface area contributed by atoms with E-state index in [-0.39, 0.29) is 12.4 Å². The zero-order chi connectivity index (χ0) is 19.3. The molecule has 2 aromatic heterocycles. The standard InChI is InChI=1S/C22H19FN4O/c1-16(21-7-4-8-22-25-15-26-27(21)22)24-13-17-9-11-19(12-10-17)28-14-18-5-2-3-6-20(18)23/h2-12,15,24H,1,13-14H2. The molecule has 0 aliphatic heterocycles. The lowest BCUT2D eigenvalue weighted by molar-refractivity contribution is 0.300. The number of ether oxygens (including phenoxy) is 1. The van der Waals surface area contributed by atoms with E-state index in [2.05, 4.69) is 22.0 Å². The number of fused-ring (bicyclic) bond motifs is 1. The van der Waals surface area contributed by atoms with Crippen LogP contribution in [0.1, 0.15) is 16.8 Å². The Morgan fingerprint density at radius 2 is 1.86 bits per heavy atom. The Bertz CT molecular complexity index is 1100. The molecule has 1 N–H and O–H groups in total. The molecule has 4 rings (SSSR count). The number of nitrogens with zero attached hydrogens (tertiary/aromatic N) is 3. The molecule has 28 heavy (non-hydrogen) atoms. The highest BCUT2D eigenvalue weighted by atomic mass is 19.1. The van der Waals surface area contributed by atoms with Crippen molar-refractivity contribution in [3.8, 4) is 5.75 Å². The normalized spacial score (nSPS) is 10.8. The molecule has 0 radical (unpaired) electrons. The fourth-order valence-electron chi connectivity index (χ4n) is 2.85. The van der Waals surface area contributed by atoms with Crippen LogP contribution in [0.3, 0.4) is 0 Å². The van der Waals surface area contributed by atoms with E-state index in [1.54, 1.807) is 22.7 Å². The van der Waals surface area contributed by atoms with Crippen molar-refractivity contribution in [2.24, 2.45) is 0 Å². The predicted octanol–water partition coefficient (Wildman–Crippen LogP) is 4.21. The minimum absolute atomic E-state index is 0.197. The van der Waals surface area contributed by atoms with E-state index < -0.39 is 0 Å². The van der Waals surface area contributed by atoms with E-state index in [1.807, 2.05) is 42.5 Å². The first kappa shape index (κ1) is 17.7. The number of hydrogen-bond donors (Lipinski definition) is 1. The van der Waals surface area contributed by atoms with Crippen LogP contribution in [0.25, 0.3) is 11.3 Å². The maximum absolute atomic E-state index is 13.6. The zero-order valence-electron chi connectivity index (χ0n) is 15.2. The van der Waals surface area contributed by atoms with Crippen LogP contribution in [0.2, 0.25) is 0 Å². The number of hydrogen-bond acceptors (Lipinski definition) is 4. The van der Waals surface area contributed by atoms with E-state index in [4.69, 9.17) is 4.74 Å². The smallest absolute Gasteiger partial charge is 0.156 e. The molecule has 0 saturated carbocycles. The van der Waals surface area contributed by atoms with Crippen molar-refractivity contribution in [1.29, 1.82) is 0 Å². The molecule has 0 aliphatic carbocycles. The molecule has 140 valence electrons. The van der Waals surface area contributed by atoms with E-state index in [9.17, 15) is 4.39 Å². The lowest BCUT2D eigenvalue weighted by Crippen LogP contribution is -2.13. The Kier molecular flexibility index (Phi) is 5.01. The summed E-state index contributed by atoms with van der Waals surface area (Å²) < 4.78 is 21.1. The molecule has 0 atom stereocenters. The van der Waals surface area contributed by atoms with Crippen molar-refractivity contribution in [2.75, 3.05) is 0 Å². The van der Waals surface area contributed by atoms with Crippen LogP contribution in [-0.2, 0) is 13.2 Å². The summed E-state index contributed by atoms with van der Waals surface area (Å²) in [7, 11) is 0. The van der Waals surface area contributed by atoms with Gasteiger partial charge < -0.3 is 10.1 Å². The van der Waals surface area contributed by atoms with E-state index in [1.165, 1.54) is 12.4 Å². The molecule has 5 nitrogen and oxygen atoms in total. The van der Waals surface area contributed by atoms with Crippen molar-refractivity contribution in [3.05, 3.63) is 102 Å². The van der Waals surface area contributed by atoms with Gasteiger partial charge in [0.2, 0.25) is 0 Å². The molecule has 0 amide bonds. The first-order valence-corrected chi connectivity index (χ1v) is 8.88. The SMILES string of the molecule is C=C(NCc1ccc(OCc2ccccc2F)cc1)c1cccc2ncnn12. The van der Waals surface area contributed by atoms with Gasteiger partial charge in [0.05, 0.1) is 11.4 Å². The summed E-state index contributed by atoms with van der Waals surface area (Å²) in [4.78, 5) is 4.18. The molecule has 6 heteroatoms. The molecule has 2 aromatic carbocycles. The Labute approximate surface area is 162 Å². The van der Waals surface area contributed by atoms with Gasteiger partial charge in [0.1, 0.15) is 24.5 Å². The quantitative estimate of drug-likeness (QED) is 0.527. The summed E-state index contributed by atoms with van der Waals surface area (Å²) in [5.74, 6) is 0.433. The number of nitrogens with one attached hydrogen (secondary N) is 1. The Hall–Kier alpha value is -3.67. The second-order valence-electron chi connectivity index (χ2n) is 6.30. The number of benzene rings is 2. The maximum Gasteiger partial charge on any atom is 0.156 e. The molecule has 0 spiro atoms. The summed E-state index contributed by atoms with van der Waals surface area (Å²) in [6.07, 6.45) is 1.52. The Morgan fingerprint density at radius 1 is 1.04 bits per heavy atom. The average Bonchev–Trinajstić information content (AvgIpc) is 3.21. The topological polar surface area (TPSA) is 51.5 Å². The molecule has 4 aromatic rings. The third-order valence-electron chi connectivity index (χ3n) is 4.39. The maximum atomic E-state index is 13.6. The van der Waals surface area contributed by atoms with Gasteiger partial charge in [0, 0.05) is 12.1 Å². The number of pyridine rings is 1. The van der Waals surface area contributed by atoms with Crippen LogP contribution in [0.15, 0.2) is 79.6 Å². The first-order chi connectivity index (χ1) is 13.7. The first-order valence-electron chi connectivity index (χ1n) is 8.88. The molecule has 2 heterocycles. The fourth-order valence-corrected chi connectivity index (χ4v) is 2.85. The van der Waals surface area contributed by atoms with Gasteiger partial charge in [-0.1, -0.05) is 43.0 Å². The van der Waals surface area contributed by atoms with Gasteiger partial charge in [0.25, 0.3) is 0 Å². The predicted molar refractivity (Wildman–Crippen MR) is 106 cm³/mol. The molecular weight excluding hydrogens is 355 g/mol. The van der Waals surface area contributed by atoms with Crippen LogP contribution in [0, 0.1) is 5.82 Å². The largest absolute Gasteiger partial charge is 0.489 e. The zero-order valence-corrected chi connectivity index (χ0v) is 15.2. The minimum Gasteiger partial charge on any atom is -0.489 e. The summed E-state index contributed by atoms with van der Waals surface area (Å²) >= 11 is 0. The third-order valence-corrected chi connectivity index (χ3v) is 4.39. The van der Waals surface area contributed by atoms with Gasteiger partial charge in [0.15, 0.2) is 5.65 Å². The lowest BCUT2D eigenvalue weighted by Gasteiger charge is -2.12. The summed E-state index contributed by atoms with van der Waals surface area (Å²) in [5.41, 5.74) is 4.00. The van der Waals surface area contributed by atoms with Crippen molar-refractivity contribution in [3.63, 3.8) is 0 Å². The number of aromatic nitrogens is 3. The van der Waals surface area contributed by atoms with Crippen molar-refractivity contribution in [2.45, 2.75) is 13.2 Å². The van der Waals surface area contributed by atoms with Gasteiger partial charge >= 0.3 is 0 Å². The summed E-state index contributed by atoms with van der Waals surface area (Å²) in [6.45, 7) is 4.90. The van der Waals surface area contributed by atoms with Gasteiger partial charge in [-0.15, -0.1) is 0 Å². The van der Waals surface area contributed by atoms with Gasteiger partial charge in [-0.25, -0.2) is 13.9 Å². The van der Waals surface area contributed by atoms with Gasteiger partial charge in [-0.3, -0.25) is 0 Å². The highest BCUT2D eigenvalue weighted by molar-refractivity contribution is 5.61. The van der Waals surface area contributed by atoms with Crippen LogP contribution >= 0.6 is 0 Å². The van der Waals surface area contributed by atoms with Crippen LogP contribution in [0.5, 0.6) is 5.75 Å². The minimum atomic E-state index is -0.260. The Morgan fingerprint density at radius 3 is 2.68 bits per heavy atom. The summed E-state index contributed by atoms with van der Waals surface area (Å²) in [6, 6.07) is 20.0. The Balaban J connectivity index is 1.35. The molecular formula is C22H19FN4O. The number of rotatable bonds is 7. The molecule has 0 unspecified atom stereocenters. The second-order valence-corrected chi connectivity index (χ2v) is 6.30. The second kappa shape index (κ2) is 7.92. The van der Waals surface area contributed by atoms with Crippen LogP contribution in [-0.4, -0.2) is 14.6 Å². The van der Waals surface area contributed by atoms with Crippen molar-refractivity contribution >= 4 is 11.3 Å². The highest BCUT2D eigenvalue weighted by Crippen LogP contribution is 2.17. The van der Waals surface area contributed by atoms with Crippen molar-refractivity contribution < 1.29 is 9.13 Å². The summed E-state index contributed by atoms with van der Waals surface area (Å²) in [5, 5.41) is 7.53. The van der Waals surface area contributed by atoms with Crippen LogP contribution < -0.4 is 10.1 Å². The lowest BCUT2D eigenvalue weighted by atomic mass is 10.2. The molecule has 0 fully saturated rings. The fraction of sp³-hybridized carbons (Fsp3) is 0.0909.